The van der Waals surface area contributed by atoms with Gasteiger partial charge in [0.2, 0.25) is 0 Å². The van der Waals surface area contributed by atoms with Crippen molar-refractivity contribution in [2.75, 3.05) is 13.1 Å². The summed E-state index contributed by atoms with van der Waals surface area (Å²) in [5, 5.41) is 0. The average molecular weight is 274 g/mol. The fourth-order valence-corrected chi connectivity index (χ4v) is 3.34. The fourth-order valence-electron chi connectivity index (χ4n) is 2.28. The zero-order valence-electron chi connectivity index (χ0n) is 9.55. The number of halogens is 1. The number of hydrogen-bond donors (Lipinski definition) is 0. The second-order valence-electron chi connectivity index (χ2n) is 4.47. The first-order chi connectivity index (χ1) is 8.05. The predicted octanol–water partition coefficient (Wildman–Crippen LogP) is 2.42. The van der Waals surface area contributed by atoms with E-state index in [1.807, 2.05) is 18.2 Å². The van der Waals surface area contributed by atoms with Crippen molar-refractivity contribution in [3.05, 3.63) is 35.9 Å². The van der Waals surface area contributed by atoms with Gasteiger partial charge in [-0.15, -0.1) is 0 Å². The van der Waals surface area contributed by atoms with E-state index in [4.69, 9.17) is 10.7 Å². The van der Waals surface area contributed by atoms with E-state index < -0.39 is 9.24 Å². The first kappa shape index (κ1) is 12.9. The number of rotatable bonds is 3. The van der Waals surface area contributed by atoms with E-state index in [1.54, 1.807) is 0 Å². The third-order valence-electron chi connectivity index (χ3n) is 3.25. The minimum Gasteiger partial charge on any atom is -0.195 e. The Morgan fingerprint density at radius 1 is 1.18 bits per heavy atom. The standard InChI is InChI=1S/C12H16ClNO2S/c13-17(15,16)14-8-6-12(7-9-14)10-11-4-2-1-3-5-11/h1-5,12H,6-10H2. The summed E-state index contributed by atoms with van der Waals surface area (Å²) in [5.74, 6) is 0.562. The Kier molecular flexibility index (Phi) is 4.07. The van der Waals surface area contributed by atoms with E-state index in [9.17, 15) is 8.42 Å². The van der Waals surface area contributed by atoms with Crippen LogP contribution in [-0.4, -0.2) is 25.8 Å². The van der Waals surface area contributed by atoms with Crippen LogP contribution in [-0.2, 0) is 15.7 Å². The van der Waals surface area contributed by atoms with Crippen molar-refractivity contribution in [3.63, 3.8) is 0 Å². The second kappa shape index (κ2) is 5.38. The minimum absolute atomic E-state index is 0.545. The highest BCUT2D eigenvalue weighted by Gasteiger charge is 2.26. The summed E-state index contributed by atoms with van der Waals surface area (Å²) in [6.45, 7) is 1.09. The Bertz CT molecular complexity index is 453. The van der Waals surface area contributed by atoms with Crippen LogP contribution in [0.5, 0.6) is 0 Å². The van der Waals surface area contributed by atoms with Crippen molar-refractivity contribution in [1.29, 1.82) is 0 Å². The molecule has 1 heterocycles. The Hall–Kier alpha value is -0.580. The second-order valence-corrected chi connectivity index (χ2v) is 6.98. The van der Waals surface area contributed by atoms with Gasteiger partial charge >= 0.3 is 0 Å². The van der Waals surface area contributed by atoms with Crippen LogP contribution in [0, 0.1) is 5.92 Å². The van der Waals surface area contributed by atoms with Gasteiger partial charge in [0.1, 0.15) is 0 Å². The molecule has 1 aromatic rings. The molecule has 94 valence electrons. The highest BCUT2D eigenvalue weighted by molar-refractivity contribution is 8.11. The molecule has 1 saturated heterocycles. The molecular formula is C12H16ClNO2S. The lowest BCUT2D eigenvalue weighted by molar-refractivity contribution is 0.276. The van der Waals surface area contributed by atoms with Crippen molar-refractivity contribution < 1.29 is 8.42 Å². The maximum Gasteiger partial charge on any atom is 0.299 e. The molecule has 1 aromatic carbocycles. The summed E-state index contributed by atoms with van der Waals surface area (Å²) in [5.41, 5.74) is 1.32. The molecule has 3 nitrogen and oxygen atoms in total. The first-order valence-electron chi connectivity index (χ1n) is 5.79. The maximum absolute atomic E-state index is 11.1. The van der Waals surface area contributed by atoms with Gasteiger partial charge in [-0.3, -0.25) is 0 Å². The van der Waals surface area contributed by atoms with Gasteiger partial charge in [0.25, 0.3) is 9.24 Å². The summed E-state index contributed by atoms with van der Waals surface area (Å²) >= 11 is 0. The van der Waals surface area contributed by atoms with E-state index in [-0.39, 0.29) is 0 Å². The molecule has 0 bridgehead atoms. The van der Waals surface area contributed by atoms with Crippen LogP contribution in [0.25, 0.3) is 0 Å². The zero-order valence-corrected chi connectivity index (χ0v) is 11.1. The molecule has 0 N–H and O–H groups in total. The number of benzene rings is 1. The smallest absolute Gasteiger partial charge is 0.195 e. The lowest BCUT2D eigenvalue weighted by atomic mass is 9.91. The number of nitrogens with zero attached hydrogens (tertiary/aromatic N) is 1. The summed E-state index contributed by atoms with van der Waals surface area (Å²) in [6.07, 6.45) is 2.80. The Labute approximate surface area is 107 Å². The van der Waals surface area contributed by atoms with Crippen LogP contribution in [0.2, 0.25) is 0 Å². The molecule has 17 heavy (non-hydrogen) atoms. The summed E-state index contributed by atoms with van der Waals surface area (Å²) < 4.78 is 23.6. The van der Waals surface area contributed by atoms with E-state index in [1.165, 1.54) is 9.87 Å². The number of hydrogen-bond acceptors (Lipinski definition) is 2. The molecule has 0 aromatic heterocycles. The molecule has 0 atom stereocenters. The van der Waals surface area contributed by atoms with Gasteiger partial charge < -0.3 is 0 Å². The SMILES string of the molecule is O=S(=O)(Cl)N1CCC(Cc2ccccc2)CC1. The van der Waals surface area contributed by atoms with Gasteiger partial charge in [0.15, 0.2) is 0 Å². The molecule has 0 unspecified atom stereocenters. The fraction of sp³-hybridized carbons (Fsp3) is 0.500. The molecular weight excluding hydrogens is 258 g/mol. The quantitative estimate of drug-likeness (QED) is 0.793. The van der Waals surface area contributed by atoms with E-state index in [2.05, 4.69) is 12.1 Å². The molecule has 0 amide bonds. The third-order valence-corrected chi connectivity index (χ3v) is 4.82. The van der Waals surface area contributed by atoms with E-state index >= 15 is 0 Å². The van der Waals surface area contributed by atoms with E-state index in [0.29, 0.717) is 19.0 Å². The lowest BCUT2D eigenvalue weighted by Crippen LogP contribution is -2.36. The van der Waals surface area contributed by atoms with Crippen LogP contribution >= 0.6 is 10.7 Å². The van der Waals surface area contributed by atoms with Crippen LogP contribution in [0.15, 0.2) is 30.3 Å². The average Bonchev–Trinajstić information content (AvgIpc) is 2.30. The topological polar surface area (TPSA) is 37.4 Å². The minimum atomic E-state index is -3.52. The Morgan fingerprint density at radius 2 is 1.76 bits per heavy atom. The van der Waals surface area contributed by atoms with Gasteiger partial charge in [-0.2, -0.15) is 12.7 Å². The van der Waals surface area contributed by atoms with Crippen LogP contribution in [0.1, 0.15) is 18.4 Å². The molecule has 5 heteroatoms. The monoisotopic (exact) mass is 273 g/mol. The van der Waals surface area contributed by atoms with Gasteiger partial charge in [0, 0.05) is 23.8 Å². The molecule has 0 radical (unpaired) electrons. The predicted molar refractivity (Wildman–Crippen MR) is 69.2 cm³/mol. The summed E-state index contributed by atoms with van der Waals surface area (Å²) in [7, 11) is 1.80. The number of piperidine rings is 1. The summed E-state index contributed by atoms with van der Waals surface area (Å²) in [6, 6.07) is 10.3. The molecule has 2 rings (SSSR count). The van der Waals surface area contributed by atoms with Crippen molar-refractivity contribution in [1.82, 2.24) is 4.31 Å². The maximum atomic E-state index is 11.1. The van der Waals surface area contributed by atoms with Crippen molar-refractivity contribution >= 4 is 19.9 Å². The zero-order chi connectivity index (χ0) is 12.3. The van der Waals surface area contributed by atoms with Crippen molar-refractivity contribution in [2.45, 2.75) is 19.3 Å². The Balaban J connectivity index is 1.88. The van der Waals surface area contributed by atoms with Gasteiger partial charge in [-0.1, -0.05) is 30.3 Å². The van der Waals surface area contributed by atoms with Crippen LogP contribution < -0.4 is 0 Å². The van der Waals surface area contributed by atoms with Crippen LogP contribution in [0.3, 0.4) is 0 Å². The Morgan fingerprint density at radius 3 is 2.29 bits per heavy atom. The van der Waals surface area contributed by atoms with E-state index in [0.717, 1.165) is 19.3 Å². The lowest BCUT2D eigenvalue weighted by Gasteiger charge is -2.29. The molecule has 0 spiro atoms. The molecule has 1 fully saturated rings. The van der Waals surface area contributed by atoms with Crippen LogP contribution in [0.4, 0.5) is 0 Å². The molecule has 1 aliphatic heterocycles. The molecule has 0 saturated carbocycles. The van der Waals surface area contributed by atoms with Crippen molar-refractivity contribution in [3.8, 4) is 0 Å². The summed E-state index contributed by atoms with van der Waals surface area (Å²) in [4.78, 5) is 0. The molecule has 1 aliphatic rings. The highest BCUT2D eigenvalue weighted by atomic mass is 35.7. The largest absolute Gasteiger partial charge is 0.299 e. The third kappa shape index (κ3) is 3.69. The van der Waals surface area contributed by atoms with Gasteiger partial charge in [0.05, 0.1) is 0 Å². The molecule has 0 aliphatic carbocycles. The highest BCUT2D eigenvalue weighted by Crippen LogP contribution is 2.24. The first-order valence-corrected chi connectivity index (χ1v) is 8.06. The van der Waals surface area contributed by atoms with Crippen molar-refractivity contribution in [2.24, 2.45) is 5.92 Å². The normalized spacial score (nSPS) is 19.4. The van der Waals surface area contributed by atoms with Gasteiger partial charge in [-0.05, 0) is 30.7 Å². The van der Waals surface area contributed by atoms with Gasteiger partial charge in [-0.25, -0.2) is 0 Å².